The number of phenolic OH excluding ortho intramolecular Hbond substituents is 1. The predicted octanol–water partition coefficient (Wildman–Crippen LogP) is 5.10. The second-order valence-corrected chi connectivity index (χ2v) is 6.47. The van der Waals surface area contributed by atoms with Crippen molar-refractivity contribution < 1.29 is 14.6 Å². The fraction of sp³-hybridized carbons (Fsp3) is 0.0833. The van der Waals surface area contributed by atoms with Crippen LogP contribution in [0.2, 0.25) is 0 Å². The summed E-state index contributed by atoms with van der Waals surface area (Å²) >= 11 is 0. The standard InChI is InChI=1S/C24H20N2O3/c1-28-19-9-7-18(8-10-19)22-14-25-16-26-24(22)21-12-11-20(13-23(21)27)29-15-17-5-3-2-4-6-17/h2-14,16,27H,15H2,1H3. The topological polar surface area (TPSA) is 64.5 Å². The van der Waals surface area contributed by atoms with Gasteiger partial charge in [-0.05, 0) is 35.4 Å². The first kappa shape index (κ1) is 18.5. The van der Waals surface area contributed by atoms with Crippen molar-refractivity contribution in [1.29, 1.82) is 0 Å². The zero-order valence-electron chi connectivity index (χ0n) is 15.9. The van der Waals surface area contributed by atoms with Crippen molar-refractivity contribution in [2.24, 2.45) is 0 Å². The Morgan fingerprint density at radius 1 is 0.862 bits per heavy atom. The van der Waals surface area contributed by atoms with E-state index in [-0.39, 0.29) is 5.75 Å². The molecule has 29 heavy (non-hydrogen) atoms. The van der Waals surface area contributed by atoms with Gasteiger partial charge in [-0.2, -0.15) is 0 Å². The highest BCUT2D eigenvalue weighted by atomic mass is 16.5. The second-order valence-electron chi connectivity index (χ2n) is 6.47. The minimum Gasteiger partial charge on any atom is -0.507 e. The quantitative estimate of drug-likeness (QED) is 0.501. The van der Waals surface area contributed by atoms with Crippen LogP contribution in [0.15, 0.2) is 85.3 Å². The van der Waals surface area contributed by atoms with Crippen LogP contribution in [0.25, 0.3) is 22.4 Å². The molecule has 4 aromatic rings. The number of phenols is 1. The number of ether oxygens (including phenoxy) is 2. The van der Waals surface area contributed by atoms with Gasteiger partial charge in [-0.3, -0.25) is 0 Å². The fourth-order valence-corrected chi connectivity index (χ4v) is 3.07. The molecule has 0 bridgehead atoms. The monoisotopic (exact) mass is 384 g/mol. The molecular formula is C24H20N2O3. The maximum atomic E-state index is 10.6. The number of hydrogen-bond acceptors (Lipinski definition) is 5. The van der Waals surface area contributed by atoms with Crippen molar-refractivity contribution in [2.45, 2.75) is 6.61 Å². The summed E-state index contributed by atoms with van der Waals surface area (Å²) in [5.41, 5.74) is 4.09. The van der Waals surface area contributed by atoms with Gasteiger partial charge in [0.25, 0.3) is 0 Å². The van der Waals surface area contributed by atoms with Gasteiger partial charge in [0.15, 0.2) is 0 Å². The first-order valence-electron chi connectivity index (χ1n) is 9.19. The van der Waals surface area contributed by atoms with E-state index in [1.807, 2.05) is 66.7 Å². The molecule has 1 heterocycles. The molecule has 0 amide bonds. The molecule has 144 valence electrons. The zero-order valence-corrected chi connectivity index (χ0v) is 15.9. The maximum absolute atomic E-state index is 10.6. The molecule has 0 aliphatic rings. The van der Waals surface area contributed by atoms with Crippen molar-refractivity contribution in [3.8, 4) is 39.6 Å². The van der Waals surface area contributed by atoms with Crippen LogP contribution in [0, 0.1) is 0 Å². The molecule has 0 aliphatic carbocycles. The van der Waals surface area contributed by atoms with E-state index < -0.39 is 0 Å². The zero-order chi connectivity index (χ0) is 20.1. The summed E-state index contributed by atoms with van der Waals surface area (Å²) in [4.78, 5) is 8.56. The van der Waals surface area contributed by atoms with E-state index in [1.54, 1.807) is 19.4 Å². The second kappa shape index (κ2) is 8.44. The van der Waals surface area contributed by atoms with Gasteiger partial charge in [0.1, 0.15) is 30.2 Å². The number of methoxy groups -OCH3 is 1. The van der Waals surface area contributed by atoms with Gasteiger partial charge in [-0.25, -0.2) is 9.97 Å². The van der Waals surface area contributed by atoms with E-state index in [2.05, 4.69) is 9.97 Å². The third-order valence-electron chi connectivity index (χ3n) is 4.59. The number of rotatable bonds is 6. The maximum Gasteiger partial charge on any atom is 0.128 e. The molecule has 1 N–H and O–H groups in total. The highest BCUT2D eigenvalue weighted by molar-refractivity contribution is 5.83. The molecule has 0 aliphatic heterocycles. The Balaban J connectivity index is 1.61. The van der Waals surface area contributed by atoms with E-state index in [0.717, 1.165) is 22.4 Å². The molecular weight excluding hydrogens is 364 g/mol. The van der Waals surface area contributed by atoms with Crippen LogP contribution in [-0.2, 0) is 6.61 Å². The van der Waals surface area contributed by atoms with E-state index in [1.165, 1.54) is 6.33 Å². The Hall–Kier alpha value is -3.86. The molecule has 5 heteroatoms. The van der Waals surface area contributed by atoms with Crippen LogP contribution >= 0.6 is 0 Å². The van der Waals surface area contributed by atoms with Crippen LogP contribution in [0.3, 0.4) is 0 Å². The van der Waals surface area contributed by atoms with Gasteiger partial charge < -0.3 is 14.6 Å². The van der Waals surface area contributed by atoms with Crippen LogP contribution in [0.5, 0.6) is 17.2 Å². The fourth-order valence-electron chi connectivity index (χ4n) is 3.07. The summed E-state index contributed by atoms with van der Waals surface area (Å²) in [5, 5.41) is 10.6. The van der Waals surface area contributed by atoms with Gasteiger partial charge >= 0.3 is 0 Å². The Morgan fingerprint density at radius 3 is 2.34 bits per heavy atom. The van der Waals surface area contributed by atoms with Crippen LogP contribution in [0.1, 0.15) is 5.56 Å². The SMILES string of the molecule is COc1ccc(-c2cncnc2-c2ccc(OCc3ccccc3)cc2O)cc1. The van der Waals surface area contributed by atoms with Crippen molar-refractivity contribution in [1.82, 2.24) is 9.97 Å². The molecule has 0 atom stereocenters. The van der Waals surface area contributed by atoms with Gasteiger partial charge in [-0.15, -0.1) is 0 Å². The van der Waals surface area contributed by atoms with Crippen LogP contribution in [-0.4, -0.2) is 22.2 Å². The minimum atomic E-state index is 0.101. The molecule has 0 fully saturated rings. The lowest BCUT2D eigenvalue weighted by molar-refractivity contribution is 0.304. The molecule has 1 aromatic heterocycles. The van der Waals surface area contributed by atoms with Crippen molar-refractivity contribution in [3.05, 3.63) is 90.9 Å². The van der Waals surface area contributed by atoms with E-state index in [9.17, 15) is 5.11 Å². The summed E-state index contributed by atoms with van der Waals surface area (Å²) in [6, 6.07) is 22.8. The number of aromatic nitrogens is 2. The Morgan fingerprint density at radius 2 is 1.62 bits per heavy atom. The average molecular weight is 384 g/mol. The third kappa shape index (κ3) is 4.19. The van der Waals surface area contributed by atoms with Crippen molar-refractivity contribution in [3.63, 3.8) is 0 Å². The lowest BCUT2D eigenvalue weighted by Gasteiger charge is -2.12. The number of aromatic hydroxyl groups is 1. The Bertz CT molecular complexity index is 1100. The smallest absolute Gasteiger partial charge is 0.128 e. The largest absolute Gasteiger partial charge is 0.507 e. The summed E-state index contributed by atoms with van der Waals surface area (Å²) in [6.07, 6.45) is 3.21. The third-order valence-corrected chi connectivity index (χ3v) is 4.59. The van der Waals surface area contributed by atoms with Gasteiger partial charge in [-0.1, -0.05) is 42.5 Å². The normalized spacial score (nSPS) is 10.5. The predicted molar refractivity (Wildman–Crippen MR) is 112 cm³/mol. The molecule has 0 unspecified atom stereocenters. The van der Waals surface area contributed by atoms with Gasteiger partial charge in [0.2, 0.25) is 0 Å². The summed E-state index contributed by atoms with van der Waals surface area (Å²) < 4.78 is 11.0. The lowest BCUT2D eigenvalue weighted by Crippen LogP contribution is -1.96. The lowest BCUT2D eigenvalue weighted by atomic mass is 10.00. The van der Waals surface area contributed by atoms with Gasteiger partial charge in [0, 0.05) is 23.4 Å². The van der Waals surface area contributed by atoms with Crippen molar-refractivity contribution >= 4 is 0 Å². The molecule has 0 saturated heterocycles. The molecule has 0 radical (unpaired) electrons. The molecule has 3 aromatic carbocycles. The highest BCUT2D eigenvalue weighted by Gasteiger charge is 2.14. The number of benzene rings is 3. The number of nitrogens with zero attached hydrogens (tertiary/aromatic N) is 2. The molecule has 5 nitrogen and oxygen atoms in total. The van der Waals surface area contributed by atoms with E-state index in [4.69, 9.17) is 9.47 Å². The molecule has 0 spiro atoms. The van der Waals surface area contributed by atoms with Crippen LogP contribution in [0.4, 0.5) is 0 Å². The van der Waals surface area contributed by atoms with Crippen molar-refractivity contribution in [2.75, 3.05) is 7.11 Å². The molecule has 4 rings (SSSR count). The Labute approximate surface area is 169 Å². The first-order valence-corrected chi connectivity index (χ1v) is 9.19. The van der Waals surface area contributed by atoms with E-state index in [0.29, 0.717) is 23.6 Å². The van der Waals surface area contributed by atoms with Crippen LogP contribution < -0.4 is 9.47 Å². The first-order chi connectivity index (χ1) is 14.2. The summed E-state index contributed by atoms with van der Waals surface area (Å²) in [6.45, 7) is 0.435. The number of hydrogen-bond donors (Lipinski definition) is 1. The Kier molecular flexibility index (Phi) is 5.38. The minimum absolute atomic E-state index is 0.101. The van der Waals surface area contributed by atoms with E-state index >= 15 is 0 Å². The molecule has 0 saturated carbocycles. The van der Waals surface area contributed by atoms with Gasteiger partial charge in [0.05, 0.1) is 12.8 Å². The average Bonchev–Trinajstić information content (AvgIpc) is 2.79. The summed E-state index contributed by atoms with van der Waals surface area (Å²) in [5.74, 6) is 1.47. The highest BCUT2D eigenvalue weighted by Crippen LogP contribution is 2.37. The summed E-state index contributed by atoms with van der Waals surface area (Å²) in [7, 11) is 1.63.